The van der Waals surface area contributed by atoms with Crippen molar-refractivity contribution < 1.29 is 29.3 Å². The molecule has 7 heteroatoms. The van der Waals surface area contributed by atoms with Crippen LogP contribution >= 0.6 is 0 Å². The molecule has 0 radical (unpaired) electrons. The van der Waals surface area contributed by atoms with E-state index in [2.05, 4.69) is 20.8 Å². The van der Waals surface area contributed by atoms with Gasteiger partial charge in [-0.05, 0) is 52.3 Å². The molecule has 0 aliphatic carbocycles. The Kier molecular flexibility index (Phi) is 8.14. The first-order chi connectivity index (χ1) is 18.9. The number of likely N-dealkylation sites (tertiary alicyclic amines) is 1. The molecule has 0 spiro atoms. The molecule has 1 fully saturated rings. The number of aliphatic hydroxyl groups excluding tert-OH is 1. The van der Waals surface area contributed by atoms with Gasteiger partial charge < -0.3 is 19.8 Å². The Hall–Kier alpha value is -4.39. The van der Waals surface area contributed by atoms with E-state index in [-0.39, 0.29) is 28.9 Å². The molecule has 3 aromatic rings. The van der Waals surface area contributed by atoms with Crippen LogP contribution < -0.4 is 4.74 Å². The number of aliphatic hydroxyl groups is 1. The zero-order valence-corrected chi connectivity index (χ0v) is 23.5. The molecule has 3 aromatic carbocycles. The van der Waals surface area contributed by atoms with Crippen molar-refractivity contribution in [1.82, 2.24) is 4.90 Å². The topological polar surface area (TPSA) is 104 Å². The first-order valence-corrected chi connectivity index (χ1v) is 13.3. The van der Waals surface area contributed by atoms with Gasteiger partial charge in [0.2, 0.25) is 0 Å². The summed E-state index contributed by atoms with van der Waals surface area (Å²) in [5, 5.41) is 20.7. The standard InChI is InChI=1S/C33H35NO6/c1-20(2)19-40-26-8-6-7-24(17-26)29(35)27-28(22-13-15-25(16-14-22)33(3,4)5)34(31(37)30(27)36)18-21-9-11-23(12-10-21)32(38)39/h6-17,20,28,35H,18-19H2,1-5H3,(H,38,39)/b29-27+. The summed E-state index contributed by atoms with van der Waals surface area (Å²) < 4.78 is 5.81. The number of benzene rings is 3. The van der Waals surface area contributed by atoms with E-state index in [0.29, 0.717) is 35.0 Å². The molecule has 1 amide bonds. The summed E-state index contributed by atoms with van der Waals surface area (Å²) in [5.41, 5.74) is 2.84. The lowest BCUT2D eigenvalue weighted by Gasteiger charge is -2.26. The average Bonchev–Trinajstić information content (AvgIpc) is 3.16. The van der Waals surface area contributed by atoms with Gasteiger partial charge in [0.1, 0.15) is 11.5 Å². The van der Waals surface area contributed by atoms with Gasteiger partial charge >= 0.3 is 5.97 Å². The van der Waals surface area contributed by atoms with Crippen molar-refractivity contribution in [3.05, 3.63) is 106 Å². The van der Waals surface area contributed by atoms with Crippen LogP contribution in [0.4, 0.5) is 0 Å². The summed E-state index contributed by atoms with van der Waals surface area (Å²) in [6, 6.07) is 19.9. The third kappa shape index (κ3) is 6.09. The SMILES string of the molecule is CC(C)COc1cccc(/C(O)=C2\C(=O)C(=O)N(Cc3ccc(C(=O)O)cc3)C2c2ccc(C(C)(C)C)cc2)c1. The highest BCUT2D eigenvalue weighted by Gasteiger charge is 2.46. The maximum Gasteiger partial charge on any atom is 0.335 e. The Morgan fingerprint density at radius 2 is 1.57 bits per heavy atom. The highest BCUT2D eigenvalue weighted by Crippen LogP contribution is 2.41. The van der Waals surface area contributed by atoms with Crippen molar-refractivity contribution in [2.75, 3.05) is 6.61 Å². The van der Waals surface area contributed by atoms with Gasteiger partial charge in [0.15, 0.2) is 0 Å². The molecule has 1 unspecified atom stereocenters. The van der Waals surface area contributed by atoms with Crippen LogP contribution in [-0.2, 0) is 21.5 Å². The number of ether oxygens (including phenoxy) is 1. The lowest BCUT2D eigenvalue weighted by molar-refractivity contribution is -0.140. The van der Waals surface area contributed by atoms with Crippen molar-refractivity contribution in [1.29, 1.82) is 0 Å². The number of carboxylic acid groups (broad SMARTS) is 1. The van der Waals surface area contributed by atoms with E-state index in [1.54, 1.807) is 36.4 Å². The second-order valence-corrected chi connectivity index (χ2v) is 11.5. The lowest BCUT2D eigenvalue weighted by atomic mass is 9.85. The Morgan fingerprint density at radius 3 is 2.15 bits per heavy atom. The quantitative estimate of drug-likeness (QED) is 0.196. The Morgan fingerprint density at radius 1 is 0.925 bits per heavy atom. The lowest BCUT2D eigenvalue weighted by Crippen LogP contribution is -2.29. The molecule has 4 rings (SSSR count). The van der Waals surface area contributed by atoms with Crippen LogP contribution in [-0.4, -0.2) is 39.4 Å². The van der Waals surface area contributed by atoms with Gasteiger partial charge in [-0.3, -0.25) is 9.59 Å². The Bertz CT molecular complexity index is 1450. The molecule has 1 aliphatic rings. The minimum atomic E-state index is -1.05. The Balaban J connectivity index is 1.80. The molecule has 1 aliphatic heterocycles. The minimum Gasteiger partial charge on any atom is -0.507 e. The van der Waals surface area contributed by atoms with Crippen LogP contribution in [0.1, 0.15) is 73.3 Å². The number of rotatable bonds is 8. The summed E-state index contributed by atoms with van der Waals surface area (Å²) >= 11 is 0. The predicted octanol–water partition coefficient (Wildman–Crippen LogP) is 6.34. The number of carboxylic acids is 1. The third-order valence-electron chi connectivity index (χ3n) is 6.88. The van der Waals surface area contributed by atoms with Crippen molar-refractivity contribution in [2.24, 2.45) is 5.92 Å². The van der Waals surface area contributed by atoms with Gasteiger partial charge in [0, 0.05) is 12.1 Å². The molecule has 2 N–H and O–H groups in total. The maximum absolute atomic E-state index is 13.5. The van der Waals surface area contributed by atoms with Crippen molar-refractivity contribution in [3.63, 3.8) is 0 Å². The zero-order valence-electron chi connectivity index (χ0n) is 23.5. The molecule has 1 saturated heterocycles. The number of carbonyl (C=O) groups is 3. The summed E-state index contributed by atoms with van der Waals surface area (Å²) in [4.78, 5) is 39.6. The molecule has 208 valence electrons. The molecule has 0 saturated carbocycles. The van der Waals surface area contributed by atoms with Gasteiger partial charge in [0.05, 0.1) is 23.8 Å². The van der Waals surface area contributed by atoms with Gasteiger partial charge in [-0.2, -0.15) is 0 Å². The molecule has 7 nitrogen and oxygen atoms in total. The molecule has 0 aromatic heterocycles. The predicted molar refractivity (Wildman–Crippen MR) is 153 cm³/mol. The van der Waals surface area contributed by atoms with Crippen molar-refractivity contribution in [2.45, 2.75) is 52.6 Å². The van der Waals surface area contributed by atoms with Gasteiger partial charge in [-0.15, -0.1) is 0 Å². The van der Waals surface area contributed by atoms with E-state index in [1.165, 1.54) is 17.0 Å². The number of hydrogen-bond donors (Lipinski definition) is 2. The van der Waals surface area contributed by atoms with Crippen molar-refractivity contribution >= 4 is 23.4 Å². The van der Waals surface area contributed by atoms with Gasteiger partial charge in [-0.1, -0.05) is 83.1 Å². The first-order valence-electron chi connectivity index (χ1n) is 13.3. The fourth-order valence-corrected chi connectivity index (χ4v) is 4.66. The molecule has 1 heterocycles. The summed E-state index contributed by atoms with van der Waals surface area (Å²) in [5.74, 6) is -1.98. The molecular weight excluding hydrogens is 506 g/mol. The van der Waals surface area contributed by atoms with E-state index in [4.69, 9.17) is 4.74 Å². The average molecular weight is 542 g/mol. The van der Waals surface area contributed by atoms with Crippen molar-refractivity contribution in [3.8, 4) is 5.75 Å². The fraction of sp³-hybridized carbons (Fsp3) is 0.303. The van der Waals surface area contributed by atoms with E-state index in [1.807, 2.05) is 38.1 Å². The number of ketones is 1. The number of hydrogen-bond acceptors (Lipinski definition) is 5. The molecular formula is C33H35NO6. The number of Topliss-reactive ketones (excluding diaryl/α,β-unsaturated/α-hetero) is 1. The Labute approximate surface area is 234 Å². The zero-order chi connectivity index (χ0) is 29.2. The largest absolute Gasteiger partial charge is 0.507 e. The van der Waals surface area contributed by atoms with Crippen LogP contribution in [0.2, 0.25) is 0 Å². The monoisotopic (exact) mass is 541 g/mol. The smallest absolute Gasteiger partial charge is 0.335 e. The van der Waals surface area contributed by atoms with Crippen LogP contribution in [0.15, 0.2) is 78.4 Å². The van der Waals surface area contributed by atoms with Gasteiger partial charge in [-0.25, -0.2) is 4.79 Å². The highest BCUT2D eigenvalue weighted by atomic mass is 16.5. The number of carbonyl (C=O) groups excluding carboxylic acids is 2. The number of nitrogens with zero attached hydrogens (tertiary/aromatic N) is 1. The van der Waals surface area contributed by atoms with Crippen LogP contribution in [0.5, 0.6) is 5.75 Å². The van der Waals surface area contributed by atoms with E-state index in [9.17, 15) is 24.6 Å². The maximum atomic E-state index is 13.5. The van der Waals surface area contributed by atoms with Crippen LogP contribution in [0, 0.1) is 5.92 Å². The number of amides is 1. The fourth-order valence-electron chi connectivity index (χ4n) is 4.66. The molecule has 0 bridgehead atoms. The molecule has 40 heavy (non-hydrogen) atoms. The highest BCUT2D eigenvalue weighted by molar-refractivity contribution is 6.46. The number of aromatic carboxylic acids is 1. The second kappa shape index (κ2) is 11.4. The summed E-state index contributed by atoms with van der Waals surface area (Å²) in [6.07, 6.45) is 0. The van der Waals surface area contributed by atoms with Crippen LogP contribution in [0.3, 0.4) is 0 Å². The second-order valence-electron chi connectivity index (χ2n) is 11.5. The van der Waals surface area contributed by atoms with E-state index in [0.717, 1.165) is 5.56 Å². The first kappa shape index (κ1) is 28.6. The van der Waals surface area contributed by atoms with E-state index >= 15 is 0 Å². The third-order valence-corrected chi connectivity index (χ3v) is 6.88. The minimum absolute atomic E-state index is 0.00308. The van der Waals surface area contributed by atoms with Crippen LogP contribution in [0.25, 0.3) is 5.76 Å². The summed E-state index contributed by atoms with van der Waals surface area (Å²) in [6.45, 7) is 10.9. The normalized spacial score (nSPS) is 16.9. The van der Waals surface area contributed by atoms with E-state index < -0.39 is 23.7 Å². The summed E-state index contributed by atoms with van der Waals surface area (Å²) in [7, 11) is 0. The molecule has 1 atom stereocenters. The van der Waals surface area contributed by atoms with Gasteiger partial charge in [0.25, 0.3) is 11.7 Å².